The van der Waals surface area contributed by atoms with Gasteiger partial charge in [-0.25, -0.2) is 0 Å². The molecule has 0 fully saturated rings. The van der Waals surface area contributed by atoms with Gasteiger partial charge in [-0.3, -0.25) is 10.1 Å². The van der Waals surface area contributed by atoms with Gasteiger partial charge in [-0.2, -0.15) is 0 Å². The lowest BCUT2D eigenvalue weighted by atomic mass is 10.1. The molecule has 0 radical (unpaired) electrons. The Morgan fingerprint density at radius 1 is 1.05 bits per heavy atom. The molecular formula is C14H14N2O3. The zero-order chi connectivity index (χ0) is 13.7. The van der Waals surface area contributed by atoms with Crippen LogP contribution in [0.1, 0.15) is 11.1 Å². The number of nitrogens with two attached hydrogens (primary N) is 1. The molecule has 19 heavy (non-hydrogen) atoms. The van der Waals surface area contributed by atoms with Crippen LogP contribution in [-0.2, 0) is 18.0 Å². The van der Waals surface area contributed by atoms with Crippen molar-refractivity contribution < 1.29 is 9.66 Å². The average molecular weight is 258 g/mol. The van der Waals surface area contributed by atoms with Crippen molar-refractivity contribution in [3.8, 4) is 0 Å². The van der Waals surface area contributed by atoms with Gasteiger partial charge in [0.1, 0.15) is 5.69 Å². The first-order chi connectivity index (χ1) is 9.18. The Morgan fingerprint density at radius 3 is 2.47 bits per heavy atom. The smallest absolute Gasteiger partial charge is 0.297 e. The van der Waals surface area contributed by atoms with Gasteiger partial charge in [0.15, 0.2) is 0 Å². The fourth-order valence-corrected chi connectivity index (χ4v) is 1.80. The normalized spacial score (nSPS) is 10.3. The predicted molar refractivity (Wildman–Crippen MR) is 72.4 cm³/mol. The summed E-state index contributed by atoms with van der Waals surface area (Å²) in [7, 11) is 0. The zero-order valence-electron chi connectivity index (χ0n) is 10.3. The second kappa shape index (κ2) is 5.97. The minimum atomic E-state index is -0.476. The van der Waals surface area contributed by atoms with E-state index in [0.717, 1.165) is 5.56 Å². The number of para-hydroxylation sites is 1. The third-order valence-corrected chi connectivity index (χ3v) is 2.70. The van der Waals surface area contributed by atoms with Crippen molar-refractivity contribution in [2.24, 2.45) is 0 Å². The monoisotopic (exact) mass is 258 g/mol. The number of anilines is 1. The minimum Gasteiger partial charge on any atom is -0.393 e. The van der Waals surface area contributed by atoms with E-state index in [2.05, 4.69) is 0 Å². The topological polar surface area (TPSA) is 78.4 Å². The molecule has 2 aromatic rings. The van der Waals surface area contributed by atoms with Crippen LogP contribution >= 0.6 is 0 Å². The van der Waals surface area contributed by atoms with E-state index < -0.39 is 4.92 Å². The van der Waals surface area contributed by atoms with Crippen LogP contribution in [0.15, 0.2) is 48.5 Å². The number of benzene rings is 2. The average Bonchev–Trinajstić information content (AvgIpc) is 2.39. The summed E-state index contributed by atoms with van der Waals surface area (Å²) in [6, 6.07) is 14.5. The van der Waals surface area contributed by atoms with Gasteiger partial charge >= 0.3 is 0 Å². The number of hydrogen-bond donors (Lipinski definition) is 1. The highest BCUT2D eigenvalue weighted by molar-refractivity contribution is 5.62. The van der Waals surface area contributed by atoms with Crippen LogP contribution in [0.5, 0.6) is 0 Å². The first kappa shape index (κ1) is 13.0. The Morgan fingerprint density at radius 2 is 1.79 bits per heavy atom. The van der Waals surface area contributed by atoms with Crippen LogP contribution in [0, 0.1) is 10.1 Å². The maximum atomic E-state index is 10.9. The lowest BCUT2D eigenvalue weighted by molar-refractivity contribution is -0.385. The number of nitrogen functional groups attached to an aromatic ring is 1. The number of hydrogen-bond acceptors (Lipinski definition) is 4. The molecule has 2 rings (SSSR count). The zero-order valence-corrected chi connectivity index (χ0v) is 10.3. The van der Waals surface area contributed by atoms with E-state index in [-0.39, 0.29) is 18.0 Å². The molecule has 0 saturated heterocycles. The summed E-state index contributed by atoms with van der Waals surface area (Å²) < 4.78 is 5.49. The SMILES string of the molecule is Nc1cccc(COCc2ccccc2)c1[N+](=O)[O-]. The molecule has 0 amide bonds. The first-order valence-corrected chi connectivity index (χ1v) is 5.82. The van der Waals surface area contributed by atoms with Gasteiger partial charge in [-0.05, 0) is 17.7 Å². The van der Waals surface area contributed by atoms with Gasteiger partial charge in [0.2, 0.25) is 0 Å². The molecule has 0 heterocycles. The van der Waals surface area contributed by atoms with Gasteiger partial charge in [-0.15, -0.1) is 0 Å². The number of nitro groups is 1. The summed E-state index contributed by atoms with van der Waals surface area (Å²) in [4.78, 5) is 10.5. The van der Waals surface area contributed by atoms with Crippen LogP contribution in [-0.4, -0.2) is 4.92 Å². The Hall–Kier alpha value is -2.40. The third kappa shape index (κ3) is 3.29. The summed E-state index contributed by atoms with van der Waals surface area (Å²) in [6.45, 7) is 0.572. The first-order valence-electron chi connectivity index (χ1n) is 5.82. The molecule has 0 aliphatic rings. The largest absolute Gasteiger partial charge is 0.393 e. The molecule has 0 bridgehead atoms. The molecule has 0 aromatic heterocycles. The highest BCUT2D eigenvalue weighted by Crippen LogP contribution is 2.26. The summed E-state index contributed by atoms with van der Waals surface area (Å²) in [5.74, 6) is 0. The fraction of sp³-hybridized carbons (Fsp3) is 0.143. The summed E-state index contributed by atoms with van der Waals surface area (Å²) >= 11 is 0. The van der Waals surface area contributed by atoms with Crippen LogP contribution in [0.4, 0.5) is 11.4 Å². The predicted octanol–water partition coefficient (Wildman–Crippen LogP) is 2.89. The number of ether oxygens (including phenoxy) is 1. The van der Waals surface area contributed by atoms with Crippen molar-refractivity contribution in [2.75, 3.05) is 5.73 Å². The molecule has 2 N–H and O–H groups in total. The van der Waals surface area contributed by atoms with Gasteiger partial charge in [-0.1, -0.05) is 36.4 Å². The van der Waals surface area contributed by atoms with Crippen molar-refractivity contribution >= 4 is 11.4 Å². The highest BCUT2D eigenvalue weighted by Gasteiger charge is 2.17. The molecular weight excluding hydrogens is 244 g/mol. The van der Waals surface area contributed by atoms with Gasteiger partial charge in [0, 0.05) is 0 Å². The van der Waals surface area contributed by atoms with Crippen LogP contribution in [0.3, 0.4) is 0 Å². The van der Waals surface area contributed by atoms with E-state index in [1.54, 1.807) is 12.1 Å². The molecule has 2 aromatic carbocycles. The second-order valence-electron chi connectivity index (χ2n) is 4.09. The summed E-state index contributed by atoms with van der Waals surface area (Å²) in [5.41, 5.74) is 7.20. The van der Waals surface area contributed by atoms with Crippen molar-refractivity contribution in [1.82, 2.24) is 0 Å². The lowest BCUT2D eigenvalue weighted by Gasteiger charge is -2.06. The summed E-state index contributed by atoms with van der Waals surface area (Å²) in [5, 5.41) is 10.9. The van der Waals surface area contributed by atoms with E-state index in [9.17, 15) is 10.1 Å². The van der Waals surface area contributed by atoms with E-state index in [0.29, 0.717) is 12.2 Å². The summed E-state index contributed by atoms with van der Waals surface area (Å²) in [6.07, 6.45) is 0. The number of nitro benzene ring substituents is 1. The van der Waals surface area contributed by atoms with E-state index in [1.807, 2.05) is 30.3 Å². The van der Waals surface area contributed by atoms with Crippen molar-refractivity contribution in [2.45, 2.75) is 13.2 Å². The standard InChI is InChI=1S/C14H14N2O3/c15-13-8-4-7-12(14(13)16(17)18)10-19-9-11-5-2-1-3-6-11/h1-8H,9-10,15H2. The molecule has 0 unspecified atom stereocenters. The van der Waals surface area contributed by atoms with Gasteiger partial charge in [0.05, 0.1) is 23.7 Å². The van der Waals surface area contributed by atoms with Crippen LogP contribution in [0.2, 0.25) is 0 Å². The quantitative estimate of drug-likeness (QED) is 0.508. The van der Waals surface area contributed by atoms with Crippen molar-refractivity contribution in [3.05, 3.63) is 69.8 Å². The maximum absolute atomic E-state index is 10.9. The Kier molecular flexibility index (Phi) is 4.10. The second-order valence-corrected chi connectivity index (χ2v) is 4.09. The minimum absolute atomic E-state index is 0.0736. The Balaban J connectivity index is 2.04. The Labute approximate surface area is 110 Å². The maximum Gasteiger partial charge on any atom is 0.297 e. The molecule has 0 saturated carbocycles. The molecule has 0 spiro atoms. The molecule has 0 atom stereocenters. The van der Waals surface area contributed by atoms with Crippen LogP contribution < -0.4 is 5.73 Å². The molecule has 5 nitrogen and oxygen atoms in total. The third-order valence-electron chi connectivity index (χ3n) is 2.70. The number of rotatable bonds is 5. The van der Waals surface area contributed by atoms with Crippen molar-refractivity contribution in [3.63, 3.8) is 0 Å². The molecule has 0 aliphatic heterocycles. The molecule has 0 aliphatic carbocycles. The van der Waals surface area contributed by atoms with Gasteiger partial charge < -0.3 is 10.5 Å². The lowest BCUT2D eigenvalue weighted by Crippen LogP contribution is -2.02. The van der Waals surface area contributed by atoms with E-state index in [1.165, 1.54) is 6.07 Å². The number of nitrogens with zero attached hydrogens (tertiary/aromatic N) is 1. The van der Waals surface area contributed by atoms with Crippen molar-refractivity contribution in [1.29, 1.82) is 0 Å². The molecule has 98 valence electrons. The van der Waals surface area contributed by atoms with Crippen LogP contribution in [0.25, 0.3) is 0 Å². The van der Waals surface area contributed by atoms with E-state index in [4.69, 9.17) is 10.5 Å². The fourth-order valence-electron chi connectivity index (χ4n) is 1.80. The van der Waals surface area contributed by atoms with E-state index >= 15 is 0 Å². The van der Waals surface area contributed by atoms with Gasteiger partial charge in [0.25, 0.3) is 5.69 Å². The Bertz CT molecular complexity index is 570. The highest BCUT2D eigenvalue weighted by atomic mass is 16.6. The molecule has 5 heteroatoms.